The molecule has 310 valence electrons. The molecule has 0 fully saturated rings. The van der Waals surface area contributed by atoms with Gasteiger partial charge in [0.1, 0.15) is 23.0 Å². The van der Waals surface area contributed by atoms with Crippen LogP contribution in [0.5, 0.6) is 0 Å². The maximum Gasteiger partial charge on any atom is 0.282 e. The molecule has 0 unspecified atom stereocenters. The molecule has 16 heteroatoms. The van der Waals surface area contributed by atoms with E-state index in [0.717, 1.165) is 16.7 Å². The van der Waals surface area contributed by atoms with Crippen molar-refractivity contribution in [1.29, 1.82) is 0 Å². The lowest BCUT2D eigenvalue weighted by Gasteiger charge is -2.19. The third-order valence-corrected chi connectivity index (χ3v) is 9.51. The summed E-state index contributed by atoms with van der Waals surface area (Å²) >= 11 is 0. The number of hydrogen-bond acceptors (Lipinski definition) is 6. The van der Waals surface area contributed by atoms with Crippen LogP contribution < -0.4 is 0 Å². The van der Waals surface area contributed by atoms with Gasteiger partial charge in [0, 0.05) is 60.8 Å². The van der Waals surface area contributed by atoms with Gasteiger partial charge in [0.05, 0.1) is 42.6 Å². The molecule has 2 atom stereocenters. The van der Waals surface area contributed by atoms with E-state index in [2.05, 4.69) is 20.4 Å². The van der Waals surface area contributed by atoms with Gasteiger partial charge in [-0.1, -0.05) is 30.3 Å². The highest BCUT2D eigenvalue weighted by Gasteiger charge is 2.23. The van der Waals surface area contributed by atoms with E-state index in [1.807, 2.05) is 63.5 Å². The summed E-state index contributed by atoms with van der Waals surface area (Å²) in [6.07, 6.45) is 0.843. The summed E-state index contributed by atoms with van der Waals surface area (Å²) in [5.74, 6) is -0.951. The van der Waals surface area contributed by atoms with Crippen molar-refractivity contribution in [3.8, 4) is 11.4 Å². The molecule has 59 heavy (non-hydrogen) atoms. The normalized spacial score (nSPS) is 12.6. The highest BCUT2D eigenvalue weighted by molar-refractivity contribution is 5.46. The average Bonchev–Trinajstić information content (AvgIpc) is 4.05. The predicted molar refractivity (Wildman–Crippen MR) is 209 cm³/mol. The van der Waals surface area contributed by atoms with E-state index < -0.39 is 36.7 Å². The second kappa shape index (κ2) is 19.2. The number of aryl methyl sites for hydroxylation is 2. The van der Waals surface area contributed by atoms with Crippen molar-refractivity contribution in [3.05, 3.63) is 166 Å². The summed E-state index contributed by atoms with van der Waals surface area (Å²) in [7, 11) is 0. The summed E-state index contributed by atoms with van der Waals surface area (Å²) in [4.78, 5) is 0. The van der Waals surface area contributed by atoms with Gasteiger partial charge in [0.25, 0.3) is 12.9 Å². The summed E-state index contributed by atoms with van der Waals surface area (Å²) in [6.45, 7) is 8.96. The fraction of sp³-hybridized carbons (Fsp3) is 0.302. The molecule has 0 saturated heterocycles. The Hall–Kier alpha value is -6.00. The van der Waals surface area contributed by atoms with Crippen LogP contribution in [0.3, 0.4) is 0 Å². The molecule has 0 amide bonds. The number of aliphatic hydroxyl groups is 1. The smallest absolute Gasteiger partial charge is 0.282 e. The van der Waals surface area contributed by atoms with Crippen LogP contribution in [0.25, 0.3) is 11.4 Å². The Labute approximate surface area is 337 Å². The number of ether oxygens (including phenoxy) is 1. The fourth-order valence-electron chi connectivity index (χ4n) is 6.50. The fourth-order valence-corrected chi connectivity index (χ4v) is 6.50. The van der Waals surface area contributed by atoms with Crippen LogP contribution >= 0.6 is 0 Å². The second-order valence-electron chi connectivity index (χ2n) is 13.8. The van der Waals surface area contributed by atoms with Crippen LogP contribution in [-0.2, 0) is 37.3 Å². The molecular weight excluding hydrogens is 775 g/mol. The van der Waals surface area contributed by atoms with Crippen molar-refractivity contribution in [2.45, 2.75) is 85.3 Å². The third kappa shape index (κ3) is 10.6. The summed E-state index contributed by atoms with van der Waals surface area (Å²) in [5, 5.41) is 26.5. The van der Waals surface area contributed by atoms with E-state index in [-0.39, 0.29) is 17.0 Å². The number of benzene rings is 3. The van der Waals surface area contributed by atoms with Gasteiger partial charge in [-0.15, -0.1) is 0 Å². The first-order valence-electron chi connectivity index (χ1n) is 19.0. The maximum absolute atomic E-state index is 14.2. The van der Waals surface area contributed by atoms with Crippen molar-refractivity contribution in [2.24, 2.45) is 0 Å². The molecule has 7 aromatic rings. The SMILES string of the molecule is CCn1cc(Cc2cc(C(F)F)nn2-c2ccc(F)cc2[C@@H](C)O)cn1.CCn1cc(Cc2cc(C(F)F)nn2-c2ccc(F)cc2[C@@H](C)OCc2ccccc2)cn1. The van der Waals surface area contributed by atoms with E-state index in [1.165, 1.54) is 58.8 Å². The molecule has 7 rings (SSSR count). The zero-order valence-corrected chi connectivity index (χ0v) is 32.9. The number of rotatable bonds is 15. The first kappa shape index (κ1) is 42.6. The van der Waals surface area contributed by atoms with Gasteiger partial charge in [-0.2, -0.15) is 20.4 Å². The summed E-state index contributed by atoms with van der Waals surface area (Å²) in [6, 6.07) is 20.4. The number of nitrogens with zero attached hydrogens (tertiary/aromatic N) is 8. The van der Waals surface area contributed by atoms with Crippen molar-refractivity contribution in [1.82, 2.24) is 39.1 Å². The molecule has 0 aliphatic heterocycles. The van der Waals surface area contributed by atoms with Gasteiger partial charge in [0.2, 0.25) is 0 Å². The highest BCUT2D eigenvalue weighted by Crippen LogP contribution is 2.31. The van der Waals surface area contributed by atoms with Crippen LogP contribution in [-0.4, -0.2) is 44.2 Å². The number of alkyl halides is 4. The molecular formula is C43H44F6N8O2. The Morgan fingerprint density at radius 2 is 1.10 bits per heavy atom. The van der Waals surface area contributed by atoms with Crippen molar-refractivity contribution in [3.63, 3.8) is 0 Å². The zero-order valence-electron chi connectivity index (χ0n) is 32.9. The lowest BCUT2D eigenvalue weighted by atomic mass is 10.1. The number of aromatic nitrogens is 8. The van der Waals surface area contributed by atoms with Gasteiger partial charge in [-0.25, -0.2) is 35.7 Å². The lowest BCUT2D eigenvalue weighted by molar-refractivity contribution is 0.0522. The molecule has 10 nitrogen and oxygen atoms in total. The molecule has 0 saturated carbocycles. The van der Waals surface area contributed by atoms with E-state index in [1.54, 1.807) is 27.8 Å². The molecule has 1 N–H and O–H groups in total. The molecule has 0 aliphatic rings. The Balaban J connectivity index is 0.000000204. The monoisotopic (exact) mass is 818 g/mol. The first-order chi connectivity index (χ1) is 28.3. The van der Waals surface area contributed by atoms with Gasteiger partial charge in [0.15, 0.2) is 0 Å². The predicted octanol–water partition coefficient (Wildman–Crippen LogP) is 9.84. The Bertz CT molecular complexity index is 2440. The van der Waals surface area contributed by atoms with Crippen LogP contribution in [0.2, 0.25) is 0 Å². The number of aliphatic hydroxyl groups excluding tert-OH is 1. The standard InChI is InChI=1S/C25H25F3N4O.C18H19F3N4O/c1-3-31-15-19(14-29-31)11-21-13-23(25(27)28)30-32(21)24-10-9-20(26)12-22(24)17(2)33-16-18-7-5-4-6-8-18;1-3-24-10-12(9-22-24)6-14-8-16(18(20)21)23-25(14)17-5-4-13(19)7-15(17)11(2)26/h4-10,12-15,17,25H,3,11,16H2,1-2H3;4-5,7-11,18,26H,3,6H2,1-2H3/t17-;11-/m11/s1. The van der Waals surface area contributed by atoms with Crippen molar-refractivity contribution in [2.75, 3.05) is 0 Å². The molecule has 4 aromatic heterocycles. The Kier molecular flexibility index (Phi) is 13.8. The van der Waals surface area contributed by atoms with E-state index >= 15 is 0 Å². The minimum absolute atomic E-state index is 0.277. The number of hydrogen-bond donors (Lipinski definition) is 1. The molecule has 0 bridgehead atoms. The maximum atomic E-state index is 14.2. The average molecular weight is 819 g/mol. The molecule has 0 aliphatic carbocycles. The van der Waals surface area contributed by atoms with Gasteiger partial charge >= 0.3 is 0 Å². The Morgan fingerprint density at radius 1 is 0.627 bits per heavy atom. The third-order valence-electron chi connectivity index (χ3n) is 9.51. The quantitative estimate of drug-likeness (QED) is 0.104. The molecule has 4 heterocycles. The van der Waals surface area contributed by atoms with E-state index in [0.29, 0.717) is 60.9 Å². The van der Waals surface area contributed by atoms with E-state index in [4.69, 9.17) is 4.74 Å². The minimum atomic E-state index is -2.73. The zero-order chi connectivity index (χ0) is 42.2. The largest absolute Gasteiger partial charge is 0.389 e. The topological polar surface area (TPSA) is 101 Å². The molecule has 3 aromatic carbocycles. The van der Waals surface area contributed by atoms with E-state index in [9.17, 15) is 31.4 Å². The second-order valence-corrected chi connectivity index (χ2v) is 13.8. The highest BCUT2D eigenvalue weighted by atomic mass is 19.3. The summed E-state index contributed by atoms with van der Waals surface area (Å²) < 4.78 is 93.5. The van der Waals surface area contributed by atoms with Crippen LogP contribution in [0, 0.1) is 11.6 Å². The number of halogens is 6. The lowest BCUT2D eigenvalue weighted by Crippen LogP contribution is -2.10. The van der Waals surface area contributed by atoms with Gasteiger partial charge in [-0.05, 0) is 92.9 Å². The molecule has 0 radical (unpaired) electrons. The van der Waals surface area contributed by atoms with Crippen LogP contribution in [0.4, 0.5) is 26.3 Å². The first-order valence-corrected chi connectivity index (χ1v) is 19.0. The molecule has 0 spiro atoms. The van der Waals surface area contributed by atoms with Crippen molar-refractivity contribution < 1.29 is 36.2 Å². The van der Waals surface area contributed by atoms with Gasteiger partial charge < -0.3 is 9.84 Å². The summed E-state index contributed by atoms with van der Waals surface area (Å²) in [5.41, 5.74) is 4.73. The Morgan fingerprint density at radius 3 is 1.54 bits per heavy atom. The van der Waals surface area contributed by atoms with Crippen molar-refractivity contribution >= 4 is 0 Å². The minimum Gasteiger partial charge on any atom is -0.389 e. The van der Waals surface area contributed by atoms with Crippen LogP contribution in [0.1, 0.15) is 103 Å². The van der Waals surface area contributed by atoms with Crippen LogP contribution in [0.15, 0.2) is 104 Å². The van der Waals surface area contributed by atoms with Gasteiger partial charge in [-0.3, -0.25) is 9.36 Å².